The van der Waals surface area contributed by atoms with Crippen LogP contribution in [0.25, 0.3) is 0 Å². The summed E-state index contributed by atoms with van der Waals surface area (Å²) >= 11 is 10.4. The summed E-state index contributed by atoms with van der Waals surface area (Å²) in [4.78, 5) is 0. The first-order chi connectivity index (χ1) is 8.58. The zero-order chi connectivity index (χ0) is 13.1. The van der Waals surface area contributed by atoms with Gasteiger partial charge >= 0.3 is 0 Å². The van der Waals surface area contributed by atoms with Gasteiger partial charge in [0.25, 0.3) is 0 Å². The standard InChI is InChI=1S/C14H11Br3O/c15-11-4-2-1-3-9(11)8-14(18)10-5-6-12(16)13(17)7-10/h1-7,14,18H,8H2. The zero-order valence-corrected chi connectivity index (χ0v) is 14.2. The van der Waals surface area contributed by atoms with Crippen molar-refractivity contribution in [3.8, 4) is 0 Å². The Hall–Kier alpha value is -0.160. The van der Waals surface area contributed by atoms with E-state index in [9.17, 15) is 5.11 Å². The van der Waals surface area contributed by atoms with E-state index in [-0.39, 0.29) is 0 Å². The molecule has 0 spiro atoms. The van der Waals surface area contributed by atoms with Crippen molar-refractivity contribution in [1.29, 1.82) is 0 Å². The fraction of sp³-hybridized carbons (Fsp3) is 0.143. The smallest absolute Gasteiger partial charge is 0.0831 e. The summed E-state index contributed by atoms with van der Waals surface area (Å²) in [5.74, 6) is 0. The van der Waals surface area contributed by atoms with E-state index in [4.69, 9.17) is 0 Å². The SMILES string of the molecule is OC(Cc1ccccc1Br)c1ccc(Br)c(Br)c1. The molecule has 4 heteroatoms. The van der Waals surface area contributed by atoms with Crippen molar-refractivity contribution < 1.29 is 5.11 Å². The molecule has 94 valence electrons. The molecule has 0 amide bonds. The number of aliphatic hydroxyl groups is 1. The second-order valence-electron chi connectivity index (χ2n) is 3.98. The maximum Gasteiger partial charge on any atom is 0.0831 e. The van der Waals surface area contributed by atoms with Crippen molar-refractivity contribution >= 4 is 47.8 Å². The number of aliphatic hydroxyl groups excluding tert-OH is 1. The molecule has 1 unspecified atom stereocenters. The second-order valence-corrected chi connectivity index (χ2v) is 6.55. The van der Waals surface area contributed by atoms with Crippen molar-refractivity contribution in [1.82, 2.24) is 0 Å². The third-order valence-corrected chi connectivity index (χ3v) is 5.35. The molecule has 0 aliphatic rings. The Morgan fingerprint density at radius 3 is 2.28 bits per heavy atom. The van der Waals surface area contributed by atoms with E-state index in [1.807, 2.05) is 42.5 Å². The highest BCUT2D eigenvalue weighted by atomic mass is 79.9. The molecule has 0 saturated heterocycles. The van der Waals surface area contributed by atoms with E-state index < -0.39 is 6.10 Å². The normalized spacial score (nSPS) is 12.4. The zero-order valence-electron chi connectivity index (χ0n) is 9.41. The van der Waals surface area contributed by atoms with Crippen LogP contribution in [0.2, 0.25) is 0 Å². The van der Waals surface area contributed by atoms with Gasteiger partial charge in [0.1, 0.15) is 0 Å². The van der Waals surface area contributed by atoms with Crippen LogP contribution in [0.3, 0.4) is 0 Å². The summed E-state index contributed by atoms with van der Waals surface area (Å²) in [7, 11) is 0. The maximum atomic E-state index is 10.3. The van der Waals surface area contributed by atoms with E-state index in [0.717, 1.165) is 24.5 Å². The summed E-state index contributed by atoms with van der Waals surface area (Å²) in [6.45, 7) is 0. The molecule has 0 fully saturated rings. The molecule has 2 aromatic carbocycles. The van der Waals surface area contributed by atoms with E-state index in [1.54, 1.807) is 0 Å². The van der Waals surface area contributed by atoms with Crippen LogP contribution in [0.4, 0.5) is 0 Å². The lowest BCUT2D eigenvalue weighted by atomic mass is 10.0. The topological polar surface area (TPSA) is 20.2 Å². The first kappa shape index (κ1) is 14.3. The molecule has 0 radical (unpaired) electrons. The van der Waals surface area contributed by atoms with Crippen LogP contribution in [-0.2, 0) is 6.42 Å². The van der Waals surface area contributed by atoms with Gasteiger partial charge in [-0.05, 0) is 61.2 Å². The van der Waals surface area contributed by atoms with Crippen LogP contribution in [0, 0.1) is 0 Å². The monoisotopic (exact) mass is 432 g/mol. The molecule has 0 saturated carbocycles. The van der Waals surface area contributed by atoms with Gasteiger partial charge in [0.15, 0.2) is 0 Å². The van der Waals surface area contributed by atoms with Gasteiger partial charge in [-0.25, -0.2) is 0 Å². The molecule has 0 aliphatic heterocycles. The number of benzene rings is 2. The summed E-state index contributed by atoms with van der Waals surface area (Å²) in [6, 6.07) is 13.7. The molecule has 1 N–H and O–H groups in total. The van der Waals surface area contributed by atoms with Gasteiger partial charge in [0.05, 0.1) is 6.10 Å². The average Bonchev–Trinajstić information content (AvgIpc) is 2.35. The Balaban J connectivity index is 2.19. The predicted octanol–water partition coefficient (Wildman–Crippen LogP) is 5.25. The van der Waals surface area contributed by atoms with E-state index in [1.165, 1.54) is 0 Å². The van der Waals surface area contributed by atoms with Gasteiger partial charge in [0.2, 0.25) is 0 Å². The highest BCUT2D eigenvalue weighted by molar-refractivity contribution is 9.13. The Morgan fingerprint density at radius 1 is 0.889 bits per heavy atom. The second kappa shape index (κ2) is 6.33. The van der Waals surface area contributed by atoms with Crippen LogP contribution in [0.15, 0.2) is 55.9 Å². The van der Waals surface area contributed by atoms with Gasteiger partial charge in [-0.1, -0.05) is 40.2 Å². The van der Waals surface area contributed by atoms with Crippen LogP contribution in [0.1, 0.15) is 17.2 Å². The third-order valence-electron chi connectivity index (χ3n) is 2.70. The molecule has 0 bridgehead atoms. The summed E-state index contributed by atoms with van der Waals surface area (Å²) < 4.78 is 2.96. The van der Waals surface area contributed by atoms with Gasteiger partial charge in [0, 0.05) is 19.8 Å². The van der Waals surface area contributed by atoms with Gasteiger partial charge in [-0.3, -0.25) is 0 Å². The minimum Gasteiger partial charge on any atom is -0.388 e. The van der Waals surface area contributed by atoms with Crippen molar-refractivity contribution in [3.05, 3.63) is 67.0 Å². The Morgan fingerprint density at radius 2 is 1.61 bits per heavy atom. The van der Waals surface area contributed by atoms with Crippen molar-refractivity contribution in [2.45, 2.75) is 12.5 Å². The fourth-order valence-electron chi connectivity index (χ4n) is 1.71. The number of halogens is 3. The van der Waals surface area contributed by atoms with E-state index in [2.05, 4.69) is 47.8 Å². The highest BCUT2D eigenvalue weighted by Gasteiger charge is 2.11. The predicted molar refractivity (Wildman–Crippen MR) is 84.6 cm³/mol. The minimum atomic E-state index is -0.506. The van der Waals surface area contributed by atoms with Crippen molar-refractivity contribution in [2.75, 3.05) is 0 Å². The largest absolute Gasteiger partial charge is 0.388 e. The Labute approximate surface area is 132 Å². The summed E-state index contributed by atoms with van der Waals surface area (Å²) in [5.41, 5.74) is 2.00. The minimum absolute atomic E-state index is 0.506. The van der Waals surface area contributed by atoms with Gasteiger partial charge in [-0.2, -0.15) is 0 Å². The van der Waals surface area contributed by atoms with Crippen LogP contribution in [-0.4, -0.2) is 5.11 Å². The Kier molecular flexibility index (Phi) is 5.01. The molecule has 0 aromatic heterocycles. The number of hydrogen-bond donors (Lipinski definition) is 1. The first-order valence-corrected chi connectivity index (χ1v) is 7.82. The van der Waals surface area contributed by atoms with Gasteiger partial charge < -0.3 is 5.11 Å². The molecule has 2 rings (SSSR count). The average molecular weight is 435 g/mol. The molecule has 18 heavy (non-hydrogen) atoms. The van der Waals surface area contributed by atoms with Gasteiger partial charge in [-0.15, -0.1) is 0 Å². The summed E-state index contributed by atoms with van der Waals surface area (Å²) in [6.07, 6.45) is 0.0864. The number of rotatable bonds is 3. The molecular formula is C14H11Br3O. The summed E-state index contributed by atoms with van der Waals surface area (Å²) in [5, 5.41) is 10.3. The van der Waals surface area contributed by atoms with Crippen molar-refractivity contribution in [2.24, 2.45) is 0 Å². The van der Waals surface area contributed by atoms with E-state index >= 15 is 0 Å². The molecule has 0 aliphatic carbocycles. The molecular weight excluding hydrogens is 424 g/mol. The molecule has 0 heterocycles. The first-order valence-electron chi connectivity index (χ1n) is 5.44. The molecule has 2 aromatic rings. The Bertz CT molecular complexity index is 554. The lowest BCUT2D eigenvalue weighted by Gasteiger charge is -2.13. The molecule has 1 atom stereocenters. The maximum absolute atomic E-state index is 10.3. The lowest BCUT2D eigenvalue weighted by Crippen LogP contribution is -2.02. The highest BCUT2D eigenvalue weighted by Crippen LogP contribution is 2.29. The third kappa shape index (κ3) is 3.44. The quantitative estimate of drug-likeness (QED) is 0.699. The fourth-order valence-corrected chi connectivity index (χ4v) is 2.80. The van der Waals surface area contributed by atoms with E-state index in [0.29, 0.717) is 6.42 Å². The van der Waals surface area contributed by atoms with Crippen LogP contribution in [0.5, 0.6) is 0 Å². The van der Waals surface area contributed by atoms with Crippen LogP contribution < -0.4 is 0 Å². The number of hydrogen-bond acceptors (Lipinski definition) is 1. The molecule has 1 nitrogen and oxygen atoms in total. The van der Waals surface area contributed by atoms with Crippen molar-refractivity contribution in [3.63, 3.8) is 0 Å². The lowest BCUT2D eigenvalue weighted by molar-refractivity contribution is 0.178. The van der Waals surface area contributed by atoms with Crippen LogP contribution >= 0.6 is 47.8 Å².